The van der Waals surface area contributed by atoms with Gasteiger partial charge in [0.05, 0.1) is 12.2 Å². The highest BCUT2D eigenvalue weighted by molar-refractivity contribution is 5.94. The number of carbonyl (C=O) groups excluding carboxylic acids is 3. The lowest BCUT2D eigenvalue weighted by molar-refractivity contribution is -0.140. The molecule has 1 aliphatic heterocycles. The molecule has 2 aliphatic rings. The molecule has 0 radical (unpaired) electrons. The molecule has 1 aromatic rings. The van der Waals surface area contributed by atoms with Crippen LogP contribution in [0.15, 0.2) is 24.3 Å². The molecule has 3 rings (SSSR count). The summed E-state index contributed by atoms with van der Waals surface area (Å²) in [5, 5.41) is 2.64. The lowest BCUT2D eigenvalue weighted by atomic mass is 9.84. The highest BCUT2D eigenvalue weighted by Gasteiger charge is 2.34. The maximum Gasteiger partial charge on any atom is 0.407 e. The Kier molecular flexibility index (Phi) is 5.98. The van der Waals surface area contributed by atoms with Crippen LogP contribution in [0.3, 0.4) is 0 Å². The van der Waals surface area contributed by atoms with E-state index >= 15 is 0 Å². The van der Waals surface area contributed by atoms with Gasteiger partial charge in [-0.2, -0.15) is 0 Å². The summed E-state index contributed by atoms with van der Waals surface area (Å²) in [5.74, 6) is 0.0204. The summed E-state index contributed by atoms with van der Waals surface area (Å²) in [6.45, 7) is 2.86. The second kappa shape index (κ2) is 8.41. The molecule has 1 fully saturated rings. The Labute approximate surface area is 159 Å². The van der Waals surface area contributed by atoms with Gasteiger partial charge in [-0.25, -0.2) is 4.79 Å². The highest BCUT2D eigenvalue weighted by atomic mass is 16.6. The van der Waals surface area contributed by atoms with Gasteiger partial charge in [0, 0.05) is 38.0 Å². The molecule has 0 spiro atoms. The van der Waals surface area contributed by atoms with Gasteiger partial charge < -0.3 is 19.9 Å². The number of hydrogen-bond acceptors (Lipinski definition) is 4. The second-order valence-corrected chi connectivity index (χ2v) is 7.10. The fourth-order valence-corrected chi connectivity index (χ4v) is 3.52. The van der Waals surface area contributed by atoms with Crippen LogP contribution in [0.2, 0.25) is 0 Å². The first-order chi connectivity index (χ1) is 13.0. The number of carbonyl (C=O) groups is 3. The van der Waals surface area contributed by atoms with Crippen molar-refractivity contribution >= 4 is 23.6 Å². The smallest absolute Gasteiger partial charge is 0.407 e. The topological polar surface area (TPSA) is 79.0 Å². The van der Waals surface area contributed by atoms with Crippen molar-refractivity contribution in [3.63, 3.8) is 0 Å². The predicted molar refractivity (Wildman–Crippen MR) is 101 cm³/mol. The van der Waals surface area contributed by atoms with Gasteiger partial charge >= 0.3 is 6.09 Å². The van der Waals surface area contributed by atoms with Crippen LogP contribution in [-0.2, 0) is 14.3 Å². The van der Waals surface area contributed by atoms with E-state index < -0.39 is 12.2 Å². The van der Waals surface area contributed by atoms with E-state index in [0.29, 0.717) is 18.8 Å². The molecule has 1 aromatic carbocycles. The second-order valence-electron chi connectivity index (χ2n) is 7.10. The van der Waals surface area contributed by atoms with E-state index in [9.17, 15) is 14.4 Å². The molecule has 1 saturated carbocycles. The van der Waals surface area contributed by atoms with Crippen LogP contribution in [0, 0.1) is 5.92 Å². The van der Waals surface area contributed by atoms with Crippen molar-refractivity contribution in [1.82, 2.24) is 10.2 Å². The van der Waals surface area contributed by atoms with Crippen LogP contribution in [-0.4, -0.2) is 49.5 Å². The number of ether oxygens (including phenoxy) is 1. The minimum absolute atomic E-state index is 0.0268. The van der Waals surface area contributed by atoms with Crippen LogP contribution in [0.4, 0.5) is 10.5 Å². The Balaban J connectivity index is 1.94. The number of rotatable bonds is 3. The molecular weight excluding hydrogens is 346 g/mol. The zero-order chi connectivity index (χ0) is 19.4. The van der Waals surface area contributed by atoms with Gasteiger partial charge in [0.1, 0.15) is 6.10 Å². The third-order valence-corrected chi connectivity index (χ3v) is 5.34. The normalized spacial score (nSPS) is 20.7. The van der Waals surface area contributed by atoms with Gasteiger partial charge in [-0.1, -0.05) is 24.6 Å². The fraction of sp³-hybridized carbons (Fsp3) is 0.550. The molecule has 1 unspecified atom stereocenters. The van der Waals surface area contributed by atoms with Crippen LogP contribution in [0.25, 0.3) is 0 Å². The Morgan fingerprint density at radius 2 is 2.00 bits per heavy atom. The third-order valence-electron chi connectivity index (χ3n) is 5.34. The van der Waals surface area contributed by atoms with Crippen LogP contribution < -0.4 is 10.2 Å². The summed E-state index contributed by atoms with van der Waals surface area (Å²) in [7, 11) is 1.72. The lowest BCUT2D eigenvalue weighted by Crippen LogP contribution is -2.43. The molecule has 27 heavy (non-hydrogen) atoms. The number of hydrogen-bond donors (Lipinski definition) is 1. The first-order valence-electron chi connectivity index (χ1n) is 9.60. The fourth-order valence-electron chi connectivity index (χ4n) is 3.52. The Hall–Kier alpha value is -2.57. The summed E-state index contributed by atoms with van der Waals surface area (Å²) < 4.78 is 5.66. The molecule has 1 N–H and O–H groups in total. The van der Waals surface area contributed by atoms with E-state index in [2.05, 4.69) is 5.32 Å². The number of fused-ring (bicyclic) bond motifs is 1. The van der Waals surface area contributed by atoms with Crippen molar-refractivity contribution in [2.45, 2.75) is 38.7 Å². The SMILES string of the molecule is CCNC(=O)OC1CN(C(=O)C2CCC2)CCC(=O)N(C)c2ccccc21. The number of nitrogens with zero attached hydrogens (tertiary/aromatic N) is 2. The van der Waals surface area contributed by atoms with Crippen molar-refractivity contribution in [3.8, 4) is 0 Å². The number of benzene rings is 1. The largest absolute Gasteiger partial charge is 0.439 e. The summed E-state index contributed by atoms with van der Waals surface area (Å²) in [4.78, 5) is 40.9. The van der Waals surface area contributed by atoms with Crippen molar-refractivity contribution in [3.05, 3.63) is 29.8 Å². The first-order valence-corrected chi connectivity index (χ1v) is 9.60. The summed E-state index contributed by atoms with van der Waals surface area (Å²) in [6.07, 6.45) is 1.93. The minimum atomic E-state index is -0.634. The van der Waals surface area contributed by atoms with E-state index in [1.54, 1.807) is 16.8 Å². The van der Waals surface area contributed by atoms with Crippen molar-refractivity contribution < 1.29 is 19.1 Å². The molecule has 1 aliphatic carbocycles. The lowest BCUT2D eigenvalue weighted by Gasteiger charge is -2.33. The average Bonchev–Trinajstić information content (AvgIpc) is 2.65. The van der Waals surface area contributed by atoms with E-state index in [1.807, 2.05) is 31.2 Å². The zero-order valence-corrected chi connectivity index (χ0v) is 15.9. The van der Waals surface area contributed by atoms with Crippen LogP contribution >= 0.6 is 0 Å². The molecule has 0 aromatic heterocycles. The number of alkyl carbamates (subject to hydrolysis) is 1. The van der Waals surface area contributed by atoms with Gasteiger partial charge in [0.25, 0.3) is 0 Å². The van der Waals surface area contributed by atoms with E-state index in [1.165, 1.54) is 0 Å². The van der Waals surface area contributed by atoms with Crippen LogP contribution in [0.1, 0.15) is 44.3 Å². The molecule has 0 bridgehead atoms. The van der Waals surface area contributed by atoms with Gasteiger partial charge in [-0.05, 0) is 25.8 Å². The quantitative estimate of drug-likeness (QED) is 0.883. The summed E-state index contributed by atoms with van der Waals surface area (Å²) in [6, 6.07) is 7.38. The van der Waals surface area contributed by atoms with E-state index in [4.69, 9.17) is 4.74 Å². The molecule has 7 heteroatoms. The number of nitrogens with one attached hydrogen (secondary N) is 1. The monoisotopic (exact) mass is 373 g/mol. The Bertz CT molecular complexity index is 717. The van der Waals surface area contributed by atoms with Gasteiger partial charge in [-0.3, -0.25) is 9.59 Å². The number of anilines is 1. The zero-order valence-electron chi connectivity index (χ0n) is 15.9. The molecule has 1 atom stereocenters. The highest BCUT2D eigenvalue weighted by Crippen LogP contribution is 2.33. The molecule has 3 amide bonds. The maximum absolute atomic E-state index is 12.9. The molecular formula is C20H27N3O4. The van der Waals surface area contributed by atoms with Crippen molar-refractivity contribution in [2.24, 2.45) is 5.92 Å². The van der Waals surface area contributed by atoms with E-state index in [0.717, 1.165) is 24.8 Å². The van der Waals surface area contributed by atoms with Gasteiger partial charge in [0.2, 0.25) is 11.8 Å². The van der Waals surface area contributed by atoms with Crippen molar-refractivity contribution in [2.75, 3.05) is 31.6 Å². The summed E-state index contributed by atoms with van der Waals surface area (Å²) in [5.41, 5.74) is 1.43. The molecule has 146 valence electrons. The van der Waals surface area contributed by atoms with Gasteiger partial charge in [0.15, 0.2) is 0 Å². The molecule has 1 heterocycles. The minimum Gasteiger partial charge on any atom is -0.439 e. The Morgan fingerprint density at radius 3 is 2.67 bits per heavy atom. The maximum atomic E-state index is 12.9. The standard InChI is InChI=1S/C20H27N3O4/c1-3-21-20(26)27-17-13-23(19(25)14-7-6-8-14)12-11-18(24)22(2)16-10-5-4-9-15(16)17/h4-5,9-10,14,17H,3,6-8,11-13H2,1-2H3,(H,21,26). The average molecular weight is 373 g/mol. The predicted octanol–water partition coefficient (Wildman–Crippen LogP) is 2.47. The third kappa shape index (κ3) is 4.23. The van der Waals surface area contributed by atoms with Gasteiger partial charge in [-0.15, -0.1) is 0 Å². The molecule has 0 saturated heterocycles. The number of para-hydroxylation sites is 1. The summed E-state index contributed by atoms with van der Waals surface area (Å²) >= 11 is 0. The number of amides is 3. The van der Waals surface area contributed by atoms with Crippen molar-refractivity contribution in [1.29, 1.82) is 0 Å². The van der Waals surface area contributed by atoms with Crippen LogP contribution in [0.5, 0.6) is 0 Å². The first kappa shape index (κ1) is 19.2. The molecule has 7 nitrogen and oxygen atoms in total. The Morgan fingerprint density at radius 1 is 1.26 bits per heavy atom. The van der Waals surface area contributed by atoms with E-state index in [-0.39, 0.29) is 30.7 Å².